The molecule has 136 valence electrons. The number of carboxylic acid groups (broad SMARTS) is 1. The molecule has 8 heteroatoms. The Morgan fingerprint density at radius 3 is 2.60 bits per heavy atom. The Hall–Kier alpha value is -2.17. The number of nitriles is 1. The van der Waals surface area contributed by atoms with Crippen molar-refractivity contribution in [2.24, 2.45) is 0 Å². The summed E-state index contributed by atoms with van der Waals surface area (Å²) in [7, 11) is 0. The quantitative estimate of drug-likeness (QED) is 0.693. The number of aliphatic hydroxyl groups is 1. The van der Waals surface area contributed by atoms with Crippen molar-refractivity contribution < 1.29 is 15.0 Å². The molecule has 4 N–H and O–H groups in total. The highest BCUT2D eigenvalue weighted by Crippen LogP contribution is 2.35. The van der Waals surface area contributed by atoms with E-state index in [-0.39, 0.29) is 6.54 Å². The second-order valence-electron chi connectivity index (χ2n) is 7.20. The number of aliphatic hydroxyl groups excluding tert-OH is 1. The van der Waals surface area contributed by atoms with Crippen LogP contribution >= 0.6 is 11.6 Å². The number of nitrogens with zero attached hydrogens (tertiary/aromatic N) is 3. The zero-order valence-corrected chi connectivity index (χ0v) is 15.3. The summed E-state index contributed by atoms with van der Waals surface area (Å²) < 4.78 is 0. The van der Waals surface area contributed by atoms with E-state index in [1.165, 1.54) is 11.0 Å². The van der Waals surface area contributed by atoms with Crippen LogP contribution in [0.15, 0.2) is 12.1 Å². The van der Waals surface area contributed by atoms with Gasteiger partial charge >= 0.3 is 6.09 Å². The first kappa shape index (κ1) is 19.2. The predicted octanol–water partition coefficient (Wildman–Crippen LogP) is 2.51. The molecule has 0 aromatic heterocycles. The lowest BCUT2D eigenvalue weighted by atomic mass is 9.94. The number of piperidine rings is 1. The van der Waals surface area contributed by atoms with Gasteiger partial charge in [0.25, 0.3) is 0 Å². The topological polar surface area (TPSA) is 114 Å². The number of hydrogen-bond donors (Lipinski definition) is 3. The van der Waals surface area contributed by atoms with E-state index in [9.17, 15) is 15.0 Å². The molecule has 1 aromatic carbocycles. The van der Waals surface area contributed by atoms with Crippen LogP contribution < -0.4 is 10.6 Å². The second kappa shape index (κ2) is 6.98. The lowest BCUT2D eigenvalue weighted by molar-refractivity contribution is -0.000756. The number of benzene rings is 1. The third-order valence-corrected chi connectivity index (χ3v) is 4.77. The van der Waals surface area contributed by atoms with E-state index in [2.05, 4.69) is 0 Å². The highest BCUT2D eigenvalue weighted by Gasteiger charge is 2.40. The van der Waals surface area contributed by atoms with Gasteiger partial charge in [-0.25, -0.2) is 4.79 Å². The average Bonchev–Trinajstić information content (AvgIpc) is 2.50. The maximum Gasteiger partial charge on any atom is 0.408 e. The molecule has 1 fully saturated rings. The number of nitrogen functional groups attached to an aromatic ring is 1. The Kier molecular flexibility index (Phi) is 5.35. The fraction of sp³-hybridized carbons (Fsp3) is 0.529. The van der Waals surface area contributed by atoms with Gasteiger partial charge in [0, 0.05) is 18.6 Å². The minimum Gasteiger partial charge on any atom is -0.465 e. The fourth-order valence-electron chi connectivity index (χ4n) is 3.29. The molecule has 0 radical (unpaired) electrons. The van der Waals surface area contributed by atoms with Gasteiger partial charge in [-0.1, -0.05) is 11.6 Å². The maximum atomic E-state index is 11.7. The number of halogens is 1. The van der Waals surface area contributed by atoms with Crippen LogP contribution in [0.1, 0.15) is 32.8 Å². The molecule has 1 aliphatic rings. The molecule has 25 heavy (non-hydrogen) atoms. The minimum atomic E-state index is -1.06. The average molecular weight is 367 g/mol. The number of β-amino-alcohol motifs (C(OH)–C–C–N with tert-alkyl or cyclic N) is 1. The molecule has 0 spiro atoms. The molecule has 0 saturated carbocycles. The van der Waals surface area contributed by atoms with Gasteiger partial charge in [0.15, 0.2) is 0 Å². The van der Waals surface area contributed by atoms with Crippen molar-refractivity contribution in [1.82, 2.24) is 4.90 Å². The van der Waals surface area contributed by atoms with E-state index in [1.807, 2.05) is 11.0 Å². The minimum absolute atomic E-state index is 0.207. The van der Waals surface area contributed by atoms with E-state index < -0.39 is 23.8 Å². The highest BCUT2D eigenvalue weighted by molar-refractivity contribution is 6.35. The van der Waals surface area contributed by atoms with Crippen LogP contribution in [0.2, 0.25) is 5.02 Å². The third kappa shape index (κ3) is 3.91. The van der Waals surface area contributed by atoms with Crippen LogP contribution in [0.3, 0.4) is 0 Å². The summed E-state index contributed by atoms with van der Waals surface area (Å²) >= 11 is 6.26. The lowest BCUT2D eigenvalue weighted by Crippen LogP contribution is -2.60. The molecule has 2 rings (SSSR count). The predicted molar refractivity (Wildman–Crippen MR) is 96.8 cm³/mol. The molecule has 1 aliphatic heterocycles. The van der Waals surface area contributed by atoms with Gasteiger partial charge in [0.2, 0.25) is 0 Å². The zero-order valence-electron chi connectivity index (χ0n) is 14.5. The monoisotopic (exact) mass is 366 g/mol. The van der Waals surface area contributed by atoms with Gasteiger partial charge in [-0.15, -0.1) is 0 Å². The van der Waals surface area contributed by atoms with Gasteiger partial charge in [-0.05, 0) is 39.3 Å². The summed E-state index contributed by atoms with van der Waals surface area (Å²) in [5.41, 5.74) is 6.49. The van der Waals surface area contributed by atoms with Crippen molar-refractivity contribution in [2.75, 3.05) is 23.7 Å². The third-order valence-electron chi connectivity index (χ3n) is 4.36. The summed E-state index contributed by atoms with van der Waals surface area (Å²) in [4.78, 5) is 14.8. The first-order valence-electron chi connectivity index (χ1n) is 8.00. The van der Waals surface area contributed by atoms with Crippen LogP contribution in [0.25, 0.3) is 0 Å². The molecule has 0 bridgehead atoms. The van der Waals surface area contributed by atoms with Crippen molar-refractivity contribution in [3.63, 3.8) is 0 Å². The van der Waals surface area contributed by atoms with Gasteiger partial charge in [-0.2, -0.15) is 5.26 Å². The number of nitrogens with two attached hydrogens (primary N) is 1. The Bertz CT molecular complexity index is 711. The van der Waals surface area contributed by atoms with E-state index in [4.69, 9.17) is 22.6 Å². The van der Waals surface area contributed by atoms with Crippen LogP contribution in [-0.2, 0) is 0 Å². The van der Waals surface area contributed by atoms with Gasteiger partial charge in [0.1, 0.15) is 0 Å². The van der Waals surface area contributed by atoms with Crippen LogP contribution in [0, 0.1) is 11.3 Å². The molecule has 1 aromatic rings. The molecule has 1 amide bonds. The summed E-state index contributed by atoms with van der Waals surface area (Å²) in [6.07, 6.45) is -1.50. The number of carbonyl (C=O) groups is 1. The maximum absolute atomic E-state index is 11.7. The van der Waals surface area contributed by atoms with E-state index in [0.717, 1.165) is 0 Å². The van der Waals surface area contributed by atoms with E-state index in [1.54, 1.807) is 26.8 Å². The smallest absolute Gasteiger partial charge is 0.408 e. The van der Waals surface area contributed by atoms with Gasteiger partial charge < -0.3 is 20.8 Å². The molecule has 0 unspecified atom stereocenters. The standard InChI is InChI=1S/C17H23ClN4O3/c1-17(2,3)22(16(24)25)12-4-5-21(9-14(12)23)13-7-10(8-19)6-11(20)15(13)18/h6-7,12,14,23H,4-5,9,20H2,1-3H3,(H,24,25)/t12-,14+/m1/s1. The normalized spacial score (nSPS) is 20.9. The van der Waals surface area contributed by atoms with Crippen molar-refractivity contribution >= 4 is 29.1 Å². The molecular formula is C17H23ClN4O3. The van der Waals surface area contributed by atoms with Crippen molar-refractivity contribution in [2.45, 2.75) is 44.9 Å². The Balaban J connectivity index is 2.27. The zero-order chi connectivity index (χ0) is 18.9. The van der Waals surface area contributed by atoms with Crippen LogP contribution in [0.5, 0.6) is 0 Å². The van der Waals surface area contributed by atoms with Crippen LogP contribution in [-0.4, -0.2) is 52.0 Å². The molecule has 2 atom stereocenters. The number of anilines is 2. The largest absolute Gasteiger partial charge is 0.465 e. The second-order valence-corrected chi connectivity index (χ2v) is 7.58. The molecule has 1 saturated heterocycles. The first-order chi connectivity index (χ1) is 11.6. The fourth-order valence-corrected chi connectivity index (χ4v) is 3.52. The van der Waals surface area contributed by atoms with Crippen molar-refractivity contribution in [1.29, 1.82) is 5.26 Å². The van der Waals surface area contributed by atoms with Crippen molar-refractivity contribution in [3.8, 4) is 6.07 Å². The molecule has 7 nitrogen and oxygen atoms in total. The Morgan fingerprint density at radius 2 is 2.12 bits per heavy atom. The number of hydrogen-bond acceptors (Lipinski definition) is 5. The Morgan fingerprint density at radius 1 is 1.48 bits per heavy atom. The summed E-state index contributed by atoms with van der Waals surface area (Å²) in [6, 6.07) is 4.65. The van der Waals surface area contributed by atoms with E-state index >= 15 is 0 Å². The van der Waals surface area contributed by atoms with Gasteiger partial charge in [0.05, 0.1) is 40.2 Å². The van der Waals surface area contributed by atoms with Gasteiger partial charge in [-0.3, -0.25) is 4.90 Å². The highest BCUT2D eigenvalue weighted by atomic mass is 35.5. The lowest BCUT2D eigenvalue weighted by Gasteiger charge is -2.46. The van der Waals surface area contributed by atoms with E-state index in [0.29, 0.717) is 34.9 Å². The number of amides is 1. The molecular weight excluding hydrogens is 344 g/mol. The van der Waals surface area contributed by atoms with Crippen molar-refractivity contribution in [3.05, 3.63) is 22.7 Å². The Labute approximate surface area is 152 Å². The summed E-state index contributed by atoms with van der Waals surface area (Å²) in [6.45, 7) is 6.10. The number of rotatable bonds is 2. The SMILES string of the molecule is CC(C)(C)N(C(=O)O)[C@@H]1CCN(c2cc(C#N)cc(N)c2Cl)C[C@@H]1O. The molecule has 0 aliphatic carbocycles. The molecule has 1 heterocycles. The summed E-state index contributed by atoms with van der Waals surface area (Å²) in [5.74, 6) is 0. The summed E-state index contributed by atoms with van der Waals surface area (Å²) in [5, 5.41) is 29.6. The van der Waals surface area contributed by atoms with Crippen LogP contribution in [0.4, 0.5) is 16.2 Å². The first-order valence-corrected chi connectivity index (χ1v) is 8.38.